The zero-order chi connectivity index (χ0) is 12.9. The second-order valence-corrected chi connectivity index (χ2v) is 6.47. The van der Waals surface area contributed by atoms with Crippen LogP contribution in [-0.4, -0.2) is 15.0 Å². The summed E-state index contributed by atoms with van der Waals surface area (Å²) in [6, 6.07) is 0. The summed E-state index contributed by atoms with van der Waals surface area (Å²) in [6.45, 7) is 6.33. The van der Waals surface area contributed by atoms with Crippen molar-refractivity contribution in [2.24, 2.45) is 0 Å². The van der Waals surface area contributed by atoms with Crippen LogP contribution in [0.4, 0.5) is 5.82 Å². The number of rotatable bonds is 1. The molecule has 0 radical (unpaired) electrons. The standard InChI is InChI=1S/C13H16N4S/c1-7-15-6-8(11(14)16-7)12-17-10-9(18-12)4-5-13(10,2)3/h6H,4-5H2,1-3H3,(H2,14,15,16). The molecular weight excluding hydrogens is 244 g/mol. The monoisotopic (exact) mass is 260 g/mol. The van der Waals surface area contributed by atoms with Gasteiger partial charge in [-0.3, -0.25) is 0 Å². The van der Waals surface area contributed by atoms with Gasteiger partial charge in [-0.2, -0.15) is 0 Å². The molecule has 0 bridgehead atoms. The number of fused-ring (bicyclic) bond motifs is 1. The maximum atomic E-state index is 5.96. The van der Waals surface area contributed by atoms with Crippen LogP contribution in [0.15, 0.2) is 6.20 Å². The highest BCUT2D eigenvalue weighted by atomic mass is 32.1. The maximum Gasteiger partial charge on any atom is 0.137 e. The molecule has 0 unspecified atom stereocenters. The van der Waals surface area contributed by atoms with Gasteiger partial charge in [-0.05, 0) is 19.8 Å². The summed E-state index contributed by atoms with van der Waals surface area (Å²) in [5.74, 6) is 1.22. The number of nitrogens with zero attached hydrogens (tertiary/aromatic N) is 3. The molecule has 0 saturated carbocycles. The predicted molar refractivity (Wildman–Crippen MR) is 73.6 cm³/mol. The smallest absolute Gasteiger partial charge is 0.137 e. The summed E-state index contributed by atoms with van der Waals surface area (Å²) in [6.07, 6.45) is 4.08. The van der Waals surface area contributed by atoms with Crippen LogP contribution in [0, 0.1) is 6.92 Å². The lowest BCUT2D eigenvalue weighted by Gasteiger charge is -2.15. The molecule has 2 aromatic heterocycles. The highest BCUT2D eigenvalue weighted by Crippen LogP contribution is 2.43. The zero-order valence-corrected chi connectivity index (χ0v) is 11.6. The van der Waals surface area contributed by atoms with Crippen molar-refractivity contribution < 1.29 is 0 Å². The van der Waals surface area contributed by atoms with E-state index >= 15 is 0 Å². The lowest BCUT2D eigenvalue weighted by Crippen LogP contribution is -2.12. The summed E-state index contributed by atoms with van der Waals surface area (Å²) in [4.78, 5) is 14.6. The Morgan fingerprint density at radius 1 is 1.33 bits per heavy atom. The minimum atomic E-state index is 0.185. The van der Waals surface area contributed by atoms with Crippen molar-refractivity contribution in [3.05, 3.63) is 22.6 Å². The number of nitrogens with two attached hydrogens (primary N) is 1. The van der Waals surface area contributed by atoms with E-state index in [1.54, 1.807) is 17.5 Å². The van der Waals surface area contributed by atoms with Crippen LogP contribution in [0.5, 0.6) is 0 Å². The molecule has 2 N–H and O–H groups in total. The Labute approximate surface area is 110 Å². The average Bonchev–Trinajstić information content (AvgIpc) is 2.81. The predicted octanol–water partition coefficient (Wildman–Crippen LogP) is 2.71. The van der Waals surface area contributed by atoms with Crippen LogP contribution in [0.2, 0.25) is 0 Å². The van der Waals surface area contributed by atoms with Crippen LogP contribution >= 0.6 is 11.3 Å². The van der Waals surface area contributed by atoms with Gasteiger partial charge in [0.1, 0.15) is 16.6 Å². The van der Waals surface area contributed by atoms with Gasteiger partial charge in [0.05, 0.1) is 11.3 Å². The van der Waals surface area contributed by atoms with Crippen LogP contribution < -0.4 is 5.73 Å². The summed E-state index contributed by atoms with van der Waals surface area (Å²) >= 11 is 1.73. The quantitative estimate of drug-likeness (QED) is 0.856. The molecule has 0 aliphatic heterocycles. The maximum absolute atomic E-state index is 5.96. The highest BCUT2D eigenvalue weighted by Gasteiger charge is 2.34. The molecule has 0 amide bonds. The van der Waals surface area contributed by atoms with Gasteiger partial charge in [-0.1, -0.05) is 13.8 Å². The Morgan fingerprint density at radius 2 is 2.11 bits per heavy atom. The minimum absolute atomic E-state index is 0.185. The summed E-state index contributed by atoms with van der Waals surface area (Å²) < 4.78 is 0. The van der Waals surface area contributed by atoms with Crippen molar-refractivity contribution in [1.82, 2.24) is 15.0 Å². The van der Waals surface area contributed by atoms with Gasteiger partial charge in [0, 0.05) is 16.5 Å². The third-order valence-electron chi connectivity index (χ3n) is 3.48. The molecule has 0 aromatic carbocycles. The third kappa shape index (κ3) is 1.70. The van der Waals surface area contributed by atoms with E-state index in [1.807, 2.05) is 6.92 Å². The second kappa shape index (κ2) is 3.75. The molecule has 0 atom stereocenters. The molecule has 4 nitrogen and oxygen atoms in total. The fraction of sp³-hybridized carbons (Fsp3) is 0.462. The Kier molecular flexibility index (Phi) is 2.41. The molecular formula is C13H16N4S. The molecule has 5 heteroatoms. The van der Waals surface area contributed by atoms with Crippen molar-refractivity contribution in [2.75, 3.05) is 5.73 Å². The van der Waals surface area contributed by atoms with Crippen molar-refractivity contribution in [3.8, 4) is 10.6 Å². The average molecular weight is 260 g/mol. The van der Waals surface area contributed by atoms with E-state index < -0.39 is 0 Å². The number of thiazole rings is 1. The Hall–Kier alpha value is -1.49. The summed E-state index contributed by atoms with van der Waals surface area (Å²) in [5.41, 5.74) is 8.22. The molecule has 18 heavy (non-hydrogen) atoms. The molecule has 0 saturated heterocycles. The molecule has 1 aliphatic rings. The molecule has 2 aromatic rings. The number of anilines is 1. The number of aromatic nitrogens is 3. The van der Waals surface area contributed by atoms with E-state index in [2.05, 4.69) is 23.8 Å². The van der Waals surface area contributed by atoms with Crippen LogP contribution in [-0.2, 0) is 11.8 Å². The van der Waals surface area contributed by atoms with Crippen LogP contribution in [0.3, 0.4) is 0 Å². The molecule has 0 spiro atoms. The molecule has 2 heterocycles. The van der Waals surface area contributed by atoms with E-state index in [0.717, 1.165) is 17.0 Å². The molecule has 94 valence electrons. The van der Waals surface area contributed by atoms with Gasteiger partial charge in [0.2, 0.25) is 0 Å². The van der Waals surface area contributed by atoms with E-state index in [9.17, 15) is 0 Å². The first-order chi connectivity index (χ1) is 8.47. The van der Waals surface area contributed by atoms with Gasteiger partial charge >= 0.3 is 0 Å². The van der Waals surface area contributed by atoms with Crippen molar-refractivity contribution in [2.45, 2.75) is 39.0 Å². The fourth-order valence-corrected chi connectivity index (χ4v) is 3.62. The van der Waals surface area contributed by atoms with E-state index in [4.69, 9.17) is 10.7 Å². The van der Waals surface area contributed by atoms with Gasteiger partial charge in [-0.15, -0.1) is 11.3 Å². The largest absolute Gasteiger partial charge is 0.383 e. The lowest BCUT2D eigenvalue weighted by atomic mass is 9.91. The zero-order valence-electron chi connectivity index (χ0n) is 10.8. The number of hydrogen-bond donors (Lipinski definition) is 1. The van der Waals surface area contributed by atoms with Gasteiger partial charge < -0.3 is 5.73 Å². The first kappa shape index (κ1) is 11.6. The topological polar surface area (TPSA) is 64.7 Å². The highest BCUT2D eigenvalue weighted by molar-refractivity contribution is 7.15. The first-order valence-electron chi connectivity index (χ1n) is 6.07. The lowest BCUT2D eigenvalue weighted by molar-refractivity contribution is 0.510. The van der Waals surface area contributed by atoms with E-state index in [1.165, 1.54) is 17.0 Å². The van der Waals surface area contributed by atoms with E-state index in [0.29, 0.717) is 11.6 Å². The molecule has 0 fully saturated rings. The van der Waals surface area contributed by atoms with Gasteiger partial charge in [0.25, 0.3) is 0 Å². The van der Waals surface area contributed by atoms with Crippen molar-refractivity contribution in [1.29, 1.82) is 0 Å². The Bertz CT molecular complexity index is 615. The summed E-state index contributed by atoms with van der Waals surface area (Å²) in [7, 11) is 0. The second-order valence-electron chi connectivity index (χ2n) is 5.39. The summed E-state index contributed by atoms with van der Waals surface area (Å²) in [5, 5.41) is 0.949. The van der Waals surface area contributed by atoms with Crippen LogP contribution in [0.1, 0.15) is 36.7 Å². The van der Waals surface area contributed by atoms with Crippen LogP contribution in [0.25, 0.3) is 10.6 Å². The first-order valence-corrected chi connectivity index (χ1v) is 6.89. The number of hydrogen-bond acceptors (Lipinski definition) is 5. The molecule has 3 rings (SSSR count). The van der Waals surface area contributed by atoms with Crippen molar-refractivity contribution >= 4 is 17.2 Å². The Balaban J connectivity index is 2.09. The number of nitrogen functional groups attached to an aromatic ring is 1. The SMILES string of the molecule is Cc1ncc(-c2nc3c(s2)CCC3(C)C)c(N)n1. The van der Waals surface area contributed by atoms with E-state index in [-0.39, 0.29) is 5.41 Å². The van der Waals surface area contributed by atoms with Crippen molar-refractivity contribution in [3.63, 3.8) is 0 Å². The van der Waals surface area contributed by atoms with Gasteiger partial charge in [-0.25, -0.2) is 15.0 Å². The fourth-order valence-electron chi connectivity index (χ4n) is 2.36. The number of aryl methyl sites for hydroxylation is 2. The minimum Gasteiger partial charge on any atom is -0.383 e. The normalized spacial score (nSPS) is 16.8. The Morgan fingerprint density at radius 3 is 2.78 bits per heavy atom. The molecule has 1 aliphatic carbocycles. The third-order valence-corrected chi connectivity index (χ3v) is 4.63. The van der Waals surface area contributed by atoms with Gasteiger partial charge in [0.15, 0.2) is 0 Å².